The lowest BCUT2D eigenvalue weighted by Gasteiger charge is -2.28. The van der Waals surface area contributed by atoms with Gasteiger partial charge in [-0.25, -0.2) is 4.79 Å². The third kappa shape index (κ3) is 4.45. The molecule has 0 aliphatic rings. The van der Waals surface area contributed by atoms with Gasteiger partial charge in [0, 0.05) is 0 Å². The van der Waals surface area contributed by atoms with Crippen LogP contribution in [0.3, 0.4) is 0 Å². The summed E-state index contributed by atoms with van der Waals surface area (Å²) in [5, 5.41) is 1.62. The van der Waals surface area contributed by atoms with E-state index < -0.39 is 30.0 Å². The Labute approximate surface area is 131 Å². The number of carbonyl (C=O) groups is 2. The fourth-order valence-electron chi connectivity index (χ4n) is 1.50. The first kappa shape index (κ1) is 18.0. The van der Waals surface area contributed by atoms with Gasteiger partial charge in [-0.2, -0.15) is 17.5 Å². The number of rotatable bonds is 4. The van der Waals surface area contributed by atoms with E-state index in [0.717, 1.165) is 14.0 Å². The van der Waals surface area contributed by atoms with Crippen molar-refractivity contribution in [2.75, 3.05) is 7.11 Å². The Morgan fingerprint density at radius 2 is 1.95 bits per heavy atom. The van der Waals surface area contributed by atoms with Crippen LogP contribution in [0.15, 0.2) is 0 Å². The second kappa shape index (κ2) is 6.37. The molecule has 0 aromatic carbocycles. The molecule has 0 radical (unpaired) electrons. The van der Waals surface area contributed by atoms with Crippen LogP contribution in [0, 0.1) is 0 Å². The number of ether oxygens (including phenoxy) is 1. The number of nitrogens with zero attached hydrogens (tertiary/aromatic N) is 1. The summed E-state index contributed by atoms with van der Waals surface area (Å²) >= 11 is 11.9. The Bertz CT molecular complexity index is 564. The predicted molar refractivity (Wildman–Crippen MR) is 70.7 cm³/mol. The number of hydrogen-bond acceptors (Lipinski definition) is 5. The van der Waals surface area contributed by atoms with Crippen molar-refractivity contribution in [3.63, 3.8) is 0 Å². The molecule has 11 heteroatoms. The van der Waals surface area contributed by atoms with Gasteiger partial charge >= 0.3 is 12.1 Å². The van der Waals surface area contributed by atoms with E-state index in [4.69, 9.17) is 23.2 Å². The Morgan fingerprint density at radius 3 is 2.33 bits per heavy atom. The SMILES string of the molecule is COC(=O)C(C)(CC(F)(F)F)NC(=O)c1snc(Cl)c1Cl. The average Bonchev–Trinajstić information content (AvgIpc) is 2.66. The van der Waals surface area contributed by atoms with Gasteiger partial charge in [0.1, 0.15) is 15.4 Å². The lowest BCUT2D eigenvalue weighted by atomic mass is 9.97. The summed E-state index contributed by atoms with van der Waals surface area (Å²) in [4.78, 5) is 23.3. The van der Waals surface area contributed by atoms with Crippen molar-refractivity contribution in [2.24, 2.45) is 0 Å². The van der Waals surface area contributed by atoms with Crippen LogP contribution >= 0.6 is 34.7 Å². The number of alkyl halides is 3. The molecule has 0 saturated heterocycles. The highest BCUT2D eigenvalue weighted by atomic mass is 35.5. The first-order valence-corrected chi connectivity index (χ1v) is 6.81. The molecular formula is C10H9Cl2F3N2O3S. The number of amides is 1. The Hall–Kier alpha value is -1.06. The number of methoxy groups -OCH3 is 1. The summed E-state index contributed by atoms with van der Waals surface area (Å²) in [6.07, 6.45) is -6.28. The Morgan fingerprint density at radius 1 is 1.38 bits per heavy atom. The zero-order valence-electron chi connectivity index (χ0n) is 10.7. The molecule has 1 aromatic heterocycles. The number of hydrogen-bond donors (Lipinski definition) is 1. The zero-order chi connectivity index (χ0) is 16.4. The predicted octanol–water partition coefficient (Wildman–Crippen LogP) is 3.06. The van der Waals surface area contributed by atoms with Crippen LogP contribution in [0.25, 0.3) is 0 Å². The fraction of sp³-hybridized carbons (Fsp3) is 0.500. The fourth-order valence-corrected chi connectivity index (χ4v) is 2.61. The van der Waals surface area contributed by atoms with Crippen LogP contribution in [0.5, 0.6) is 0 Å². The number of esters is 1. The smallest absolute Gasteiger partial charge is 0.391 e. The molecule has 0 fully saturated rings. The van der Waals surface area contributed by atoms with Gasteiger partial charge in [0.15, 0.2) is 5.15 Å². The maximum absolute atomic E-state index is 12.6. The van der Waals surface area contributed by atoms with E-state index in [1.54, 1.807) is 0 Å². The van der Waals surface area contributed by atoms with Gasteiger partial charge in [-0.3, -0.25) is 4.79 Å². The van der Waals surface area contributed by atoms with Gasteiger partial charge in [-0.1, -0.05) is 23.2 Å². The van der Waals surface area contributed by atoms with Crippen molar-refractivity contribution in [3.8, 4) is 0 Å². The minimum atomic E-state index is -4.69. The minimum Gasteiger partial charge on any atom is -0.467 e. The molecule has 0 bridgehead atoms. The summed E-state index contributed by atoms with van der Waals surface area (Å²) in [5.41, 5.74) is -2.29. The van der Waals surface area contributed by atoms with E-state index in [1.807, 2.05) is 5.32 Å². The van der Waals surface area contributed by atoms with Crippen molar-refractivity contribution in [2.45, 2.75) is 25.1 Å². The van der Waals surface area contributed by atoms with Gasteiger partial charge in [-0.15, -0.1) is 0 Å². The second-order valence-electron chi connectivity index (χ2n) is 4.19. The molecule has 1 unspecified atom stereocenters. The van der Waals surface area contributed by atoms with Crippen LogP contribution in [0.2, 0.25) is 10.2 Å². The third-order valence-corrected chi connectivity index (χ3v) is 4.18. The molecule has 0 saturated carbocycles. The molecule has 1 aromatic rings. The molecular weight excluding hydrogens is 356 g/mol. The lowest BCUT2D eigenvalue weighted by Crippen LogP contribution is -2.55. The molecule has 0 aliphatic carbocycles. The number of nitrogens with one attached hydrogen (secondary N) is 1. The second-order valence-corrected chi connectivity index (χ2v) is 5.70. The van der Waals surface area contributed by atoms with E-state index in [0.29, 0.717) is 11.5 Å². The van der Waals surface area contributed by atoms with Gasteiger partial charge in [0.25, 0.3) is 5.91 Å². The first-order chi connectivity index (χ1) is 9.50. The minimum absolute atomic E-state index is 0.151. The summed E-state index contributed by atoms with van der Waals surface area (Å²) in [7, 11) is 0.916. The Balaban J connectivity index is 3.04. The van der Waals surface area contributed by atoms with Crippen LogP contribution in [-0.2, 0) is 9.53 Å². The van der Waals surface area contributed by atoms with Crippen LogP contribution in [-0.4, -0.2) is 35.1 Å². The van der Waals surface area contributed by atoms with Gasteiger partial charge in [0.2, 0.25) is 0 Å². The van der Waals surface area contributed by atoms with E-state index in [9.17, 15) is 22.8 Å². The molecule has 0 aliphatic heterocycles. The van der Waals surface area contributed by atoms with Gasteiger partial charge in [-0.05, 0) is 18.5 Å². The lowest BCUT2D eigenvalue weighted by molar-refractivity contribution is -0.169. The molecule has 0 spiro atoms. The maximum atomic E-state index is 12.6. The highest BCUT2D eigenvalue weighted by Crippen LogP contribution is 2.31. The summed E-state index contributed by atoms with van der Waals surface area (Å²) in [6.45, 7) is 0.904. The number of halogens is 5. The molecule has 5 nitrogen and oxygen atoms in total. The molecule has 118 valence electrons. The standard InChI is InChI=1S/C10H9Cl2F3N2O3S/c1-9(8(19)20-2,3-10(13,14)15)16-7(18)5-4(11)6(12)17-21-5/h3H2,1-2H3,(H,16,18). The zero-order valence-corrected chi connectivity index (χ0v) is 13.0. The van der Waals surface area contributed by atoms with Crippen LogP contribution in [0.4, 0.5) is 13.2 Å². The van der Waals surface area contributed by atoms with Crippen LogP contribution in [0.1, 0.15) is 23.0 Å². The van der Waals surface area contributed by atoms with Crippen molar-refractivity contribution in [3.05, 3.63) is 15.1 Å². The van der Waals surface area contributed by atoms with Gasteiger partial charge in [0.05, 0.1) is 13.5 Å². The highest BCUT2D eigenvalue weighted by Gasteiger charge is 2.46. The van der Waals surface area contributed by atoms with E-state index in [-0.39, 0.29) is 15.1 Å². The van der Waals surface area contributed by atoms with Gasteiger partial charge < -0.3 is 10.1 Å². The third-order valence-electron chi connectivity index (χ3n) is 2.38. The van der Waals surface area contributed by atoms with Crippen LogP contribution < -0.4 is 5.32 Å². The number of carbonyl (C=O) groups excluding carboxylic acids is 2. The largest absolute Gasteiger partial charge is 0.467 e. The van der Waals surface area contributed by atoms with E-state index >= 15 is 0 Å². The quantitative estimate of drug-likeness (QED) is 0.833. The topological polar surface area (TPSA) is 68.3 Å². The van der Waals surface area contributed by atoms with Crippen molar-refractivity contribution in [1.82, 2.24) is 9.69 Å². The molecule has 1 N–H and O–H groups in total. The van der Waals surface area contributed by atoms with Crippen molar-refractivity contribution in [1.29, 1.82) is 0 Å². The average molecular weight is 365 g/mol. The molecule has 1 heterocycles. The summed E-state index contributed by atoms with van der Waals surface area (Å²) in [6, 6.07) is 0. The molecule has 1 amide bonds. The van der Waals surface area contributed by atoms with E-state index in [1.165, 1.54) is 0 Å². The number of aromatic nitrogens is 1. The summed E-state index contributed by atoms with van der Waals surface area (Å²) < 4.78 is 45.6. The van der Waals surface area contributed by atoms with Crippen molar-refractivity contribution >= 4 is 46.6 Å². The monoisotopic (exact) mass is 364 g/mol. The first-order valence-electron chi connectivity index (χ1n) is 5.28. The molecule has 1 rings (SSSR count). The molecule has 21 heavy (non-hydrogen) atoms. The normalized spacial score (nSPS) is 14.4. The van der Waals surface area contributed by atoms with E-state index in [2.05, 4.69) is 9.11 Å². The molecule has 1 atom stereocenters. The highest BCUT2D eigenvalue weighted by molar-refractivity contribution is 7.09. The van der Waals surface area contributed by atoms with Crippen molar-refractivity contribution < 1.29 is 27.5 Å². The maximum Gasteiger partial charge on any atom is 0.391 e. The summed E-state index contributed by atoms with van der Waals surface area (Å²) in [5.74, 6) is -2.23. The Kier molecular flexibility index (Phi) is 5.46.